The van der Waals surface area contributed by atoms with Crippen molar-refractivity contribution in [1.29, 1.82) is 0 Å². The lowest BCUT2D eigenvalue weighted by Gasteiger charge is -2.09. The fourth-order valence-corrected chi connectivity index (χ4v) is 1.65. The van der Waals surface area contributed by atoms with Crippen LogP contribution in [-0.2, 0) is 0 Å². The molecule has 0 unspecified atom stereocenters. The minimum absolute atomic E-state index is 0.0504. The zero-order valence-corrected chi connectivity index (χ0v) is 10.6. The van der Waals surface area contributed by atoms with Crippen molar-refractivity contribution in [3.8, 4) is 0 Å². The van der Waals surface area contributed by atoms with Gasteiger partial charge in [0.2, 0.25) is 0 Å². The summed E-state index contributed by atoms with van der Waals surface area (Å²) >= 11 is 6.72. The molecule has 2 N–H and O–H groups in total. The van der Waals surface area contributed by atoms with E-state index in [1.165, 1.54) is 0 Å². The number of hydrogen-bond acceptors (Lipinski definition) is 2. The van der Waals surface area contributed by atoms with Gasteiger partial charge in [-0.15, -0.1) is 0 Å². The Balaban J connectivity index is 2.84. The van der Waals surface area contributed by atoms with Gasteiger partial charge in [0, 0.05) is 6.04 Å². The normalized spacial score (nSPS) is 12.9. The molecule has 0 saturated heterocycles. The van der Waals surface area contributed by atoms with Crippen molar-refractivity contribution < 1.29 is 0 Å². The van der Waals surface area contributed by atoms with Gasteiger partial charge in [0.25, 0.3) is 0 Å². The molecule has 0 fully saturated rings. The highest BCUT2D eigenvalue weighted by Gasteiger charge is 2.07. The standard InChI is InChI=1S/C9H12Br2N2/c1-2-3-7(12)8-5-4-6(10)9(11)13-8/h4-5,7H,2-3,12H2,1H3/t7-/m0/s1. The molecule has 13 heavy (non-hydrogen) atoms. The maximum atomic E-state index is 5.93. The van der Waals surface area contributed by atoms with Gasteiger partial charge in [-0.1, -0.05) is 13.3 Å². The lowest BCUT2D eigenvalue weighted by atomic mass is 10.1. The average molecular weight is 308 g/mol. The first-order chi connectivity index (χ1) is 6.15. The quantitative estimate of drug-likeness (QED) is 0.869. The zero-order valence-electron chi connectivity index (χ0n) is 7.43. The van der Waals surface area contributed by atoms with Crippen molar-refractivity contribution in [3.05, 3.63) is 26.9 Å². The Morgan fingerprint density at radius 2 is 2.15 bits per heavy atom. The molecule has 0 aliphatic carbocycles. The van der Waals surface area contributed by atoms with Crippen molar-refractivity contribution in [2.45, 2.75) is 25.8 Å². The second-order valence-corrected chi connectivity index (χ2v) is 4.51. The minimum atomic E-state index is 0.0504. The first-order valence-corrected chi connectivity index (χ1v) is 5.81. The van der Waals surface area contributed by atoms with Crippen molar-refractivity contribution in [2.75, 3.05) is 0 Å². The first kappa shape index (κ1) is 11.1. The van der Waals surface area contributed by atoms with Crippen LogP contribution in [0, 0.1) is 0 Å². The third-order valence-corrected chi connectivity index (χ3v) is 3.58. The van der Waals surface area contributed by atoms with E-state index in [4.69, 9.17) is 5.73 Å². The number of nitrogens with zero attached hydrogens (tertiary/aromatic N) is 1. The summed E-state index contributed by atoms with van der Waals surface area (Å²) < 4.78 is 1.77. The summed E-state index contributed by atoms with van der Waals surface area (Å²) in [6, 6.07) is 3.96. The van der Waals surface area contributed by atoms with Crippen molar-refractivity contribution in [3.63, 3.8) is 0 Å². The Kier molecular flexibility index (Phi) is 4.35. The van der Waals surface area contributed by atoms with Gasteiger partial charge in [-0.05, 0) is 50.4 Å². The number of halogens is 2. The first-order valence-electron chi connectivity index (χ1n) is 4.22. The summed E-state index contributed by atoms with van der Waals surface area (Å²) in [6.45, 7) is 2.12. The van der Waals surface area contributed by atoms with Crippen molar-refractivity contribution >= 4 is 31.9 Å². The van der Waals surface area contributed by atoms with Crippen LogP contribution in [0.5, 0.6) is 0 Å². The second-order valence-electron chi connectivity index (χ2n) is 2.90. The summed E-state index contributed by atoms with van der Waals surface area (Å²) in [6.07, 6.45) is 2.05. The predicted molar refractivity (Wildman–Crippen MR) is 61.5 cm³/mol. The molecule has 0 saturated carbocycles. The second kappa shape index (κ2) is 5.08. The largest absolute Gasteiger partial charge is 0.323 e. The highest BCUT2D eigenvalue weighted by molar-refractivity contribution is 9.13. The maximum Gasteiger partial charge on any atom is 0.120 e. The molecule has 0 amide bonds. The molecule has 0 radical (unpaired) electrons. The summed E-state index contributed by atoms with van der Waals surface area (Å²) in [7, 11) is 0. The monoisotopic (exact) mass is 306 g/mol. The van der Waals surface area contributed by atoms with Gasteiger partial charge < -0.3 is 5.73 Å². The lowest BCUT2D eigenvalue weighted by molar-refractivity contribution is 0.620. The summed E-state index contributed by atoms with van der Waals surface area (Å²) in [5, 5.41) is 0. The smallest absolute Gasteiger partial charge is 0.120 e. The molecule has 1 heterocycles. The van der Waals surface area contributed by atoms with E-state index in [0.29, 0.717) is 0 Å². The summed E-state index contributed by atoms with van der Waals surface area (Å²) in [5.74, 6) is 0. The Morgan fingerprint density at radius 3 is 2.69 bits per heavy atom. The van der Waals surface area contributed by atoms with E-state index in [-0.39, 0.29) is 6.04 Å². The highest BCUT2D eigenvalue weighted by atomic mass is 79.9. The van der Waals surface area contributed by atoms with E-state index in [1.807, 2.05) is 12.1 Å². The van der Waals surface area contributed by atoms with Crippen LogP contribution in [0.25, 0.3) is 0 Å². The van der Waals surface area contributed by atoms with E-state index < -0.39 is 0 Å². The Labute approximate surface area is 95.2 Å². The molecule has 1 aromatic heterocycles. The number of rotatable bonds is 3. The van der Waals surface area contributed by atoms with E-state index in [9.17, 15) is 0 Å². The Bertz CT molecular complexity index is 289. The SMILES string of the molecule is CCC[C@H](N)c1ccc(Br)c(Br)n1. The van der Waals surface area contributed by atoms with Gasteiger partial charge in [-0.2, -0.15) is 0 Å². The topological polar surface area (TPSA) is 38.9 Å². The lowest BCUT2D eigenvalue weighted by Crippen LogP contribution is -2.11. The molecule has 1 aromatic rings. The number of aromatic nitrogens is 1. The van der Waals surface area contributed by atoms with Gasteiger partial charge in [0.05, 0.1) is 10.2 Å². The molecule has 1 atom stereocenters. The van der Waals surface area contributed by atoms with Crippen LogP contribution in [-0.4, -0.2) is 4.98 Å². The van der Waals surface area contributed by atoms with Gasteiger partial charge in [-0.3, -0.25) is 0 Å². The van der Waals surface area contributed by atoms with Crippen LogP contribution in [0.1, 0.15) is 31.5 Å². The van der Waals surface area contributed by atoms with Crippen molar-refractivity contribution in [2.24, 2.45) is 5.73 Å². The molecule has 0 aliphatic heterocycles. The van der Waals surface area contributed by atoms with Gasteiger partial charge in [0.15, 0.2) is 0 Å². The molecule has 0 aliphatic rings. The maximum absolute atomic E-state index is 5.93. The fourth-order valence-electron chi connectivity index (χ4n) is 1.10. The fraction of sp³-hybridized carbons (Fsp3) is 0.444. The molecule has 72 valence electrons. The van der Waals surface area contributed by atoms with Crippen LogP contribution in [0.4, 0.5) is 0 Å². The van der Waals surface area contributed by atoms with Crippen LogP contribution < -0.4 is 5.73 Å². The van der Waals surface area contributed by atoms with Crippen LogP contribution in [0.2, 0.25) is 0 Å². The molecule has 2 nitrogen and oxygen atoms in total. The molecule has 4 heteroatoms. The third-order valence-electron chi connectivity index (χ3n) is 1.80. The third kappa shape index (κ3) is 3.04. The zero-order chi connectivity index (χ0) is 9.84. The van der Waals surface area contributed by atoms with E-state index in [0.717, 1.165) is 27.6 Å². The molecule has 0 aromatic carbocycles. The summed E-state index contributed by atoms with van der Waals surface area (Å²) in [4.78, 5) is 4.34. The van der Waals surface area contributed by atoms with Gasteiger partial charge in [0.1, 0.15) is 4.60 Å². The number of hydrogen-bond donors (Lipinski definition) is 1. The minimum Gasteiger partial charge on any atom is -0.323 e. The highest BCUT2D eigenvalue weighted by Crippen LogP contribution is 2.23. The molecular formula is C9H12Br2N2. The van der Waals surface area contributed by atoms with Crippen LogP contribution in [0.15, 0.2) is 21.2 Å². The van der Waals surface area contributed by atoms with Crippen molar-refractivity contribution in [1.82, 2.24) is 4.98 Å². The average Bonchev–Trinajstić information content (AvgIpc) is 2.10. The van der Waals surface area contributed by atoms with Gasteiger partial charge in [-0.25, -0.2) is 4.98 Å². The summed E-state index contributed by atoms with van der Waals surface area (Å²) in [5.41, 5.74) is 6.87. The van der Waals surface area contributed by atoms with E-state index in [1.54, 1.807) is 0 Å². The molecule has 0 spiro atoms. The number of pyridine rings is 1. The van der Waals surface area contributed by atoms with Crippen LogP contribution >= 0.6 is 31.9 Å². The van der Waals surface area contributed by atoms with E-state index in [2.05, 4.69) is 43.8 Å². The van der Waals surface area contributed by atoms with Gasteiger partial charge >= 0.3 is 0 Å². The predicted octanol–water partition coefficient (Wildman–Crippen LogP) is 3.41. The molecule has 1 rings (SSSR count). The molecule has 0 bridgehead atoms. The molecular weight excluding hydrogens is 296 g/mol. The van der Waals surface area contributed by atoms with Crippen LogP contribution in [0.3, 0.4) is 0 Å². The van der Waals surface area contributed by atoms with E-state index >= 15 is 0 Å². The Morgan fingerprint density at radius 1 is 1.46 bits per heavy atom. The Hall–Kier alpha value is 0.0700. The number of nitrogens with two attached hydrogens (primary N) is 1.